The van der Waals surface area contributed by atoms with Crippen LogP contribution in [0.5, 0.6) is 0 Å². The van der Waals surface area contributed by atoms with Crippen molar-refractivity contribution in [3.8, 4) is 0 Å². The highest BCUT2D eigenvalue weighted by Gasteiger charge is 2.18. The number of sulfonamides is 1. The smallest absolute Gasteiger partial charge is 0.271 e. The Hall–Kier alpha value is -3.04. The first-order chi connectivity index (χ1) is 12.4. The molecule has 26 heavy (non-hydrogen) atoms. The second-order valence-corrected chi connectivity index (χ2v) is 7.52. The first-order valence-electron chi connectivity index (χ1n) is 7.49. The third-order valence-corrected chi connectivity index (χ3v) is 5.21. The Kier molecular flexibility index (Phi) is 6.21. The molecule has 0 atom stereocenters. The lowest BCUT2D eigenvalue weighted by Crippen LogP contribution is -2.24. The van der Waals surface area contributed by atoms with Crippen LogP contribution in [0.4, 0.5) is 0 Å². The molecule has 2 rings (SSSR count). The Morgan fingerprint density at radius 3 is 2.35 bits per heavy atom. The van der Waals surface area contributed by atoms with Gasteiger partial charge in [0.25, 0.3) is 5.91 Å². The van der Waals surface area contributed by atoms with Gasteiger partial charge in [0, 0.05) is 25.2 Å². The number of hydrogen-bond acceptors (Lipinski definition) is 6. The van der Waals surface area contributed by atoms with Gasteiger partial charge in [-0.3, -0.25) is 4.79 Å². The van der Waals surface area contributed by atoms with E-state index in [2.05, 4.69) is 15.7 Å². The number of hydrazone groups is 1. The van der Waals surface area contributed by atoms with Crippen LogP contribution < -0.4 is 5.43 Å². The summed E-state index contributed by atoms with van der Waals surface area (Å²) >= 11 is 0. The fraction of sp³-hybridized carbons (Fsp3) is 0.118. The zero-order chi connectivity index (χ0) is 19.2. The molecule has 2 aromatic carbocycles. The molecule has 1 amide bonds. The number of nitrogens with zero attached hydrogens (tertiary/aromatic N) is 3. The van der Waals surface area contributed by atoms with Crippen LogP contribution in [0.2, 0.25) is 0 Å². The summed E-state index contributed by atoms with van der Waals surface area (Å²) in [4.78, 5) is 12.3. The number of hydrogen-bond donors (Lipinski definition) is 2. The van der Waals surface area contributed by atoms with Gasteiger partial charge >= 0.3 is 0 Å². The molecule has 9 heteroatoms. The lowest BCUT2D eigenvalue weighted by molar-refractivity contribution is 0.0954. The molecule has 0 aliphatic heterocycles. The molecule has 0 aliphatic rings. The van der Waals surface area contributed by atoms with Gasteiger partial charge in [0.1, 0.15) is 5.71 Å². The van der Waals surface area contributed by atoms with Crippen molar-refractivity contribution in [2.45, 2.75) is 4.90 Å². The van der Waals surface area contributed by atoms with Gasteiger partial charge in [-0.15, -0.1) is 0 Å². The van der Waals surface area contributed by atoms with E-state index in [1.54, 1.807) is 24.3 Å². The highest BCUT2D eigenvalue weighted by atomic mass is 32.2. The van der Waals surface area contributed by atoms with Gasteiger partial charge in [-0.1, -0.05) is 41.6 Å². The van der Waals surface area contributed by atoms with Gasteiger partial charge in [-0.2, -0.15) is 5.10 Å². The highest BCUT2D eigenvalue weighted by Crippen LogP contribution is 2.14. The van der Waals surface area contributed by atoms with Crippen LogP contribution in [0.3, 0.4) is 0 Å². The van der Waals surface area contributed by atoms with Crippen molar-refractivity contribution in [1.29, 1.82) is 0 Å². The predicted octanol–water partition coefficient (Wildman–Crippen LogP) is 1.53. The van der Waals surface area contributed by atoms with Crippen molar-refractivity contribution in [2.24, 2.45) is 10.3 Å². The lowest BCUT2D eigenvalue weighted by Gasteiger charge is -2.12. The molecule has 8 nitrogen and oxygen atoms in total. The van der Waals surface area contributed by atoms with Crippen LogP contribution in [0.25, 0.3) is 0 Å². The molecule has 0 saturated heterocycles. The average Bonchev–Trinajstić information content (AvgIpc) is 2.65. The standard InChI is InChI=1S/C17H18N4O4S/c1-21(2)26(24,25)15-10-6-9-14(11-15)17(22)20-19-16(12-18-23)13-7-4-3-5-8-13/h3-12,23H,1-2H3,(H,20,22). The Bertz CT molecular complexity index is 938. The molecule has 0 saturated carbocycles. The summed E-state index contributed by atoms with van der Waals surface area (Å²) in [6.45, 7) is 0. The first-order valence-corrected chi connectivity index (χ1v) is 8.93. The molecule has 136 valence electrons. The number of benzene rings is 2. The third kappa shape index (κ3) is 4.52. The topological polar surface area (TPSA) is 111 Å². The Morgan fingerprint density at radius 1 is 1.08 bits per heavy atom. The van der Waals surface area contributed by atoms with Crippen LogP contribution in [0, 0.1) is 0 Å². The van der Waals surface area contributed by atoms with Crippen molar-refractivity contribution in [3.05, 3.63) is 65.7 Å². The van der Waals surface area contributed by atoms with E-state index in [-0.39, 0.29) is 16.2 Å². The molecule has 0 spiro atoms. The summed E-state index contributed by atoms with van der Waals surface area (Å²) in [5, 5.41) is 15.6. The van der Waals surface area contributed by atoms with E-state index >= 15 is 0 Å². The molecule has 0 radical (unpaired) electrons. The Labute approximate surface area is 151 Å². The van der Waals surface area contributed by atoms with Gasteiger partial charge in [0.15, 0.2) is 0 Å². The van der Waals surface area contributed by atoms with Crippen LogP contribution in [0.15, 0.2) is 69.7 Å². The normalized spacial score (nSPS) is 12.5. The minimum absolute atomic E-state index is 0.000617. The quantitative estimate of drug-likeness (QED) is 0.454. The number of rotatable bonds is 6. The van der Waals surface area contributed by atoms with E-state index in [1.165, 1.54) is 38.4 Å². The summed E-state index contributed by atoms with van der Waals surface area (Å²) in [5.41, 5.74) is 3.33. The van der Waals surface area contributed by atoms with E-state index in [1.807, 2.05) is 6.07 Å². The number of amides is 1. The molecule has 2 aromatic rings. The molecular weight excluding hydrogens is 356 g/mol. The van der Waals surface area contributed by atoms with Gasteiger partial charge in [-0.05, 0) is 18.2 Å². The molecular formula is C17H18N4O4S. The van der Waals surface area contributed by atoms with Crippen LogP contribution in [0.1, 0.15) is 15.9 Å². The van der Waals surface area contributed by atoms with E-state index in [0.717, 1.165) is 10.5 Å². The molecule has 2 N–H and O–H groups in total. The van der Waals surface area contributed by atoms with Gasteiger partial charge < -0.3 is 5.21 Å². The van der Waals surface area contributed by atoms with Crippen molar-refractivity contribution in [1.82, 2.24) is 9.73 Å². The Morgan fingerprint density at radius 2 is 1.73 bits per heavy atom. The van der Waals surface area contributed by atoms with E-state index in [0.29, 0.717) is 5.56 Å². The van der Waals surface area contributed by atoms with Gasteiger partial charge in [-0.25, -0.2) is 18.1 Å². The maximum atomic E-state index is 12.3. The summed E-state index contributed by atoms with van der Waals surface area (Å²) in [6, 6.07) is 14.4. The molecule has 0 fully saturated rings. The van der Waals surface area contributed by atoms with Crippen LogP contribution >= 0.6 is 0 Å². The molecule has 0 aliphatic carbocycles. The monoisotopic (exact) mass is 374 g/mol. The van der Waals surface area contributed by atoms with E-state index < -0.39 is 15.9 Å². The number of carbonyl (C=O) groups excluding carboxylic acids is 1. The van der Waals surface area contributed by atoms with Crippen LogP contribution in [-0.2, 0) is 10.0 Å². The largest absolute Gasteiger partial charge is 0.411 e. The minimum atomic E-state index is -3.65. The SMILES string of the molecule is CN(C)S(=O)(=O)c1cccc(C(=O)NN=C(C=NO)c2ccccc2)c1. The van der Waals surface area contributed by atoms with Crippen molar-refractivity contribution in [3.63, 3.8) is 0 Å². The van der Waals surface area contributed by atoms with E-state index in [9.17, 15) is 13.2 Å². The number of oxime groups is 1. The predicted molar refractivity (Wildman–Crippen MR) is 98.0 cm³/mol. The second-order valence-electron chi connectivity index (χ2n) is 5.36. The average molecular weight is 374 g/mol. The molecule has 0 heterocycles. The van der Waals surface area contributed by atoms with Gasteiger partial charge in [0.05, 0.1) is 11.1 Å². The Balaban J connectivity index is 2.27. The maximum Gasteiger partial charge on any atom is 0.271 e. The summed E-state index contributed by atoms with van der Waals surface area (Å²) in [6.07, 6.45) is 1.09. The van der Waals surface area contributed by atoms with E-state index in [4.69, 9.17) is 5.21 Å². The zero-order valence-electron chi connectivity index (χ0n) is 14.2. The summed E-state index contributed by atoms with van der Waals surface area (Å²) in [5.74, 6) is -0.597. The molecule has 0 bridgehead atoms. The van der Waals surface area contributed by atoms with Crippen molar-refractivity contribution in [2.75, 3.05) is 14.1 Å². The second kappa shape index (κ2) is 8.37. The lowest BCUT2D eigenvalue weighted by atomic mass is 10.1. The third-order valence-electron chi connectivity index (χ3n) is 3.40. The number of nitrogens with one attached hydrogen (secondary N) is 1. The minimum Gasteiger partial charge on any atom is -0.411 e. The fourth-order valence-electron chi connectivity index (χ4n) is 2.02. The fourth-order valence-corrected chi connectivity index (χ4v) is 2.96. The van der Waals surface area contributed by atoms with Crippen LogP contribution in [-0.4, -0.2) is 49.9 Å². The highest BCUT2D eigenvalue weighted by molar-refractivity contribution is 7.89. The number of carbonyl (C=O) groups is 1. The molecule has 0 aromatic heterocycles. The van der Waals surface area contributed by atoms with Crippen molar-refractivity contribution >= 4 is 27.9 Å². The zero-order valence-corrected chi connectivity index (χ0v) is 15.0. The summed E-state index contributed by atoms with van der Waals surface area (Å²) < 4.78 is 25.4. The first kappa shape index (κ1) is 19.3. The molecule has 0 unspecified atom stereocenters. The maximum absolute atomic E-state index is 12.3. The summed E-state index contributed by atoms with van der Waals surface area (Å²) in [7, 11) is -0.834. The van der Waals surface area contributed by atoms with Gasteiger partial charge in [0.2, 0.25) is 10.0 Å². The van der Waals surface area contributed by atoms with Crippen molar-refractivity contribution < 1.29 is 18.4 Å².